The van der Waals surface area contributed by atoms with Crippen molar-refractivity contribution in [2.45, 2.75) is 37.5 Å². The van der Waals surface area contributed by atoms with E-state index in [1.807, 2.05) is 48.0 Å². The number of hydrogen-bond acceptors (Lipinski definition) is 4. The van der Waals surface area contributed by atoms with Gasteiger partial charge in [-0.05, 0) is 85.7 Å². The maximum absolute atomic E-state index is 13.2. The Morgan fingerprint density at radius 1 is 1.03 bits per heavy atom. The van der Waals surface area contributed by atoms with Gasteiger partial charge in [-0.3, -0.25) is 4.72 Å². The van der Waals surface area contributed by atoms with Crippen LogP contribution in [0.5, 0.6) is 5.75 Å². The molecule has 4 aromatic rings. The van der Waals surface area contributed by atoms with Crippen LogP contribution in [0.1, 0.15) is 29.5 Å². The second kappa shape index (κ2) is 7.98. The highest BCUT2D eigenvalue weighted by atomic mass is 32.2. The van der Waals surface area contributed by atoms with Crippen molar-refractivity contribution in [3.05, 3.63) is 77.6 Å². The van der Waals surface area contributed by atoms with E-state index in [0.29, 0.717) is 11.4 Å². The van der Waals surface area contributed by atoms with Crippen LogP contribution in [0.15, 0.2) is 65.8 Å². The van der Waals surface area contributed by atoms with Crippen LogP contribution >= 0.6 is 0 Å². The lowest BCUT2D eigenvalue weighted by Gasteiger charge is -2.17. The van der Waals surface area contributed by atoms with Gasteiger partial charge in [-0.25, -0.2) is 13.4 Å². The van der Waals surface area contributed by atoms with E-state index in [1.54, 1.807) is 24.3 Å². The van der Waals surface area contributed by atoms with E-state index < -0.39 is 10.0 Å². The first kappa shape index (κ1) is 20.6. The summed E-state index contributed by atoms with van der Waals surface area (Å²) >= 11 is 0. The normalized spacial score (nSPS) is 13.7. The van der Waals surface area contributed by atoms with Gasteiger partial charge in [0.25, 0.3) is 10.0 Å². The molecule has 6 nitrogen and oxygen atoms in total. The molecule has 32 heavy (non-hydrogen) atoms. The van der Waals surface area contributed by atoms with Crippen molar-refractivity contribution in [3.8, 4) is 17.0 Å². The molecule has 0 atom stereocenters. The molecule has 0 bridgehead atoms. The fourth-order valence-electron chi connectivity index (χ4n) is 4.32. The fraction of sp³-hybridized carbons (Fsp3) is 0.240. The lowest BCUT2D eigenvalue weighted by molar-refractivity contribution is 0.417. The number of nitrogens with zero attached hydrogens (tertiary/aromatic N) is 2. The zero-order valence-corrected chi connectivity index (χ0v) is 18.9. The van der Waals surface area contributed by atoms with E-state index in [2.05, 4.69) is 4.72 Å². The van der Waals surface area contributed by atoms with Crippen LogP contribution in [0.4, 0.5) is 5.69 Å². The molecule has 0 fully saturated rings. The van der Waals surface area contributed by atoms with Gasteiger partial charge in [-0.15, -0.1) is 0 Å². The van der Waals surface area contributed by atoms with Gasteiger partial charge in [0.15, 0.2) is 0 Å². The minimum Gasteiger partial charge on any atom is -0.495 e. The van der Waals surface area contributed by atoms with Gasteiger partial charge < -0.3 is 9.14 Å². The largest absolute Gasteiger partial charge is 0.495 e. The SMILES string of the molecule is COc1ccc(-c2cn3cccc(C)c3n2)cc1NS(=O)(=O)c1ccc2c(c1)CCCC2. The molecule has 2 heterocycles. The summed E-state index contributed by atoms with van der Waals surface area (Å²) in [6, 6.07) is 14.8. The molecule has 1 aliphatic carbocycles. The van der Waals surface area contributed by atoms with Gasteiger partial charge in [0.1, 0.15) is 11.4 Å². The van der Waals surface area contributed by atoms with Crippen molar-refractivity contribution >= 4 is 21.4 Å². The van der Waals surface area contributed by atoms with E-state index in [9.17, 15) is 8.42 Å². The third-order valence-corrected chi connectivity index (χ3v) is 7.41. The first-order valence-corrected chi connectivity index (χ1v) is 12.2. The molecule has 1 aliphatic rings. The van der Waals surface area contributed by atoms with Gasteiger partial charge in [-0.2, -0.15) is 0 Å². The Morgan fingerprint density at radius 3 is 2.62 bits per heavy atom. The third-order valence-electron chi connectivity index (χ3n) is 6.05. The molecule has 5 rings (SSSR count). The van der Waals surface area contributed by atoms with Crippen LogP contribution in [0.2, 0.25) is 0 Å². The van der Waals surface area contributed by atoms with Crippen LogP contribution in [-0.4, -0.2) is 24.9 Å². The Hall–Kier alpha value is -3.32. The van der Waals surface area contributed by atoms with Crippen LogP contribution in [0, 0.1) is 6.92 Å². The van der Waals surface area contributed by atoms with Gasteiger partial charge in [0, 0.05) is 18.0 Å². The molecule has 7 heteroatoms. The second-order valence-electron chi connectivity index (χ2n) is 8.21. The molecule has 0 saturated heterocycles. The van der Waals surface area contributed by atoms with Crippen molar-refractivity contribution in [2.24, 2.45) is 0 Å². The molecule has 0 saturated carbocycles. The van der Waals surface area contributed by atoms with E-state index in [4.69, 9.17) is 9.72 Å². The zero-order valence-electron chi connectivity index (χ0n) is 18.1. The summed E-state index contributed by atoms with van der Waals surface area (Å²) in [5, 5.41) is 0. The predicted molar refractivity (Wildman–Crippen MR) is 126 cm³/mol. The van der Waals surface area contributed by atoms with E-state index in [1.165, 1.54) is 12.7 Å². The predicted octanol–water partition coefficient (Wildman–Crippen LogP) is 5.00. The number of methoxy groups -OCH3 is 1. The molecule has 0 radical (unpaired) electrons. The highest BCUT2D eigenvalue weighted by Crippen LogP contribution is 2.33. The second-order valence-corrected chi connectivity index (χ2v) is 9.89. The van der Waals surface area contributed by atoms with Gasteiger partial charge in [0.2, 0.25) is 0 Å². The van der Waals surface area contributed by atoms with Gasteiger partial charge >= 0.3 is 0 Å². The number of imidazole rings is 1. The molecular formula is C25H25N3O3S. The van der Waals surface area contributed by atoms with Crippen molar-refractivity contribution in [2.75, 3.05) is 11.8 Å². The summed E-state index contributed by atoms with van der Waals surface area (Å²) in [5.74, 6) is 0.454. The Morgan fingerprint density at radius 2 is 1.84 bits per heavy atom. The first-order chi connectivity index (χ1) is 15.4. The first-order valence-electron chi connectivity index (χ1n) is 10.7. The number of sulfonamides is 1. The zero-order chi connectivity index (χ0) is 22.3. The summed E-state index contributed by atoms with van der Waals surface area (Å²) in [5.41, 5.74) is 6.26. The number of aryl methyl sites for hydroxylation is 3. The monoisotopic (exact) mass is 447 g/mol. The van der Waals surface area contributed by atoms with Crippen LogP contribution in [0.25, 0.3) is 16.9 Å². The minimum atomic E-state index is -3.77. The molecule has 0 amide bonds. The average molecular weight is 448 g/mol. The van der Waals surface area contributed by atoms with Crippen LogP contribution < -0.4 is 9.46 Å². The summed E-state index contributed by atoms with van der Waals surface area (Å²) in [4.78, 5) is 5.00. The summed E-state index contributed by atoms with van der Waals surface area (Å²) in [7, 11) is -2.24. The number of aromatic nitrogens is 2. The topological polar surface area (TPSA) is 72.7 Å². The number of rotatable bonds is 5. The molecule has 2 aromatic carbocycles. The highest BCUT2D eigenvalue weighted by Gasteiger charge is 2.20. The van der Waals surface area contributed by atoms with Crippen molar-refractivity contribution < 1.29 is 13.2 Å². The maximum Gasteiger partial charge on any atom is 0.262 e. The van der Waals surface area contributed by atoms with Crippen molar-refractivity contribution in [1.82, 2.24) is 9.38 Å². The molecule has 1 N–H and O–H groups in total. The molecule has 0 aliphatic heterocycles. The minimum absolute atomic E-state index is 0.272. The third kappa shape index (κ3) is 3.73. The molecular weight excluding hydrogens is 422 g/mol. The molecule has 164 valence electrons. The number of ether oxygens (including phenoxy) is 1. The van der Waals surface area contributed by atoms with Crippen LogP contribution in [-0.2, 0) is 22.9 Å². The number of fused-ring (bicyclic) bond motifs is 2. The van der Waals surface area contributed by atoms with E-state index in [-0.39, 0.29) is 4.90 Å². The number of anilines is 1. The Balaban J connectivity index is 1.52. The lowest BCUT2D eigenvalue weighted by atomic mass is 9.92. The van der Waals surface area contributed by atoms with Crippen LogP contribution in [0.3, 0.4) is 0 Å². The van der Waals surface area contributed by atoms with Crippen molar-refractivity contribution in [3.63, 3.8) is 0 Å². The molecule has 0 unspecified atom stereocenters. The Labute approximate surface area is 187 Å². The van der Waals surface area contributed by atoms with E-state index >= 15 is 0 Å². The fourth-order valence-corrected chi connectivity index (χ4v) is 5.43. The number of nitrogens with one attached hydrogen (secondary N) is 1. The standard InChI is InChI=1S/C25H25N3O3S/c1-17-6-5-13-28-16-23(26-25(17)28)20-10-12-24(31-2)22(15-20)27-32(29,30)21-11-9-18-7-3-4-8-19(18)14-21/h5-6,9-16,27H,3-4,7-8H2,1-2H3. The summed E-state index contributed by atoms with van der Waals surface area (Å²) in [6.07, 6.45) is 8.07. The van der Waals surface area contributed by atoms with Gasteiger partial charge in [0.05, 0.1) is 23.4 Å². The number of benzene rings is 2. The number of hydrogen-bond donors (Lipinski definition) is 1. The Bertz CT molecular complexity index is 1420. The smallest absolute Gasteiger partial charge is 0.262 e. The average Bonchev–Trinajstić information content (AvgIpc) is 3.24. The Kier molecular flexibility index (Phi) is 5.13. The molecule has 2 aromatic heterocycles. The highest BCUT2D eigenvalue weighted by molar-refractivity contribution is 7.92. The quantitative estimate of drug-likeness (QED) is 0.467. The maximum atomic E-state index is 13.2. The van der Waals surface area contributed by atoms with Gasteiger partial charge in [-0.1, -0.05) is 12.1 Å². The lowest BCUT2D eigenvalue weighted by Crippen LogP contribution is -2.15. The molecule has 0 spiro atoms. The summed E-state index contributed by atoms with van der Waals surface area (Å²) < 4.78 is 36.5. The summed E-state index contributed by atoms with van der Waals surface area (Å²) in [6.45, 7) is 2.01. The number of pyridine rings is 1. The van der Waals surface area contributed by atoms with E-state index in [0.717, 1.165) is 53.7 Å². The van der Waals surface area contributed by atoms with Crippen molar-refractivity contribution in [1.29, 1.82) is 0 Å².